The Kier molecular flexibility index (Phi) is 5.24. The van der Waals surface area contributed by atoms with Crippen molar-refractivity contribution in [3.63, 3.8) is 0 Å². The summed E-state index contributed by atoms with van der Waals surface area (Å²) < 4.78 is 1.69. The van der Waals surface area contributed by atoms with E-state index in [4.69, 9.17) is 16.7 Å². The molecule has 124 valence electrons. The van der Waals surface area contributed by atoms with Crippen LogP contribution in [0.5, 0.6) is 0 Å². The van der Waals surface area contributed by atoms with Gasteiger partial charge in [0.25, 0.3) is 0 Å². The van der Waals surface area contributed by atoms with E-state index in [2.05, 4.69) is 15.4 Å². The average Bonchev–Trinajstić information content (AvgIpc) is 3.20. The number of nitrogens with one attached hydrogen (secondary N) is 1. The van der Waals surface area contributed by atoms with Crippen molar-refractivity contribution in [3.05, 3.63) is 63.3 Å². The highest BCUT2D eigenvalue weighted by Gasteiger charge is 2.10. The molecule has 3 aromatic rings. The van der Waals surface area contributed by atoms with E-state index < -0.39 is 5.97 Å². The van der Waals surface area contributed by atoms with Gasteiger partial charge in [0.15, 0.2) is 5.69 Å². The second-order valence-electron chi connectivity index (χ2n) is 5.07. The zero-order chi connectivity index (χ0) is 16.9. The van der Waals surface area contributed by atoms with E-state index >= 15 is 0 Å². The summed E-state index contributed by atoms with van der Waals surface area (Å²) in [5.41, 5.74) is 1.92. The van der Waals surface area contributed by atoms with Crippen molar-refractivity contribution in [2.75, 3.05) is 6.54 Å². The van der Waals surface area contributed by atoms with E-state index in [1.807, 2.05) is 30.3 Å². The van der Waals surface area contributed by atoms with Gasteiger partial charge in [-0.05, 0) is 12.1 Å². The van der Waals surface area contributed by atoms with Gasteiger partial charge in [0, 0.05) is 30.5 Å². The Morgan fingerprint density at radius 2 is 2.12 bits per heavy atom. The molecule has 0 atom stereocenters. The number of hydrogen-bond donors (Lipinski definition) is 2. The number of benzene rings is 1. The highest BCUT2D eigenvalue weighted by Crippen LogP contribution is 2.19. The van der Waals surface area contributed by atoms with Crippen LogP contribution in [-0.4, -0.2) is 32.4 Å². The minimum absolute atomic E-state index is 0.0992. The highest BCUT2D eigenvalue weighted by atomic mass is 35.5. The Morgan fingerprint density at radius 1 is 1.33 bits per heavy atom. The summed E-state index contributed by atoms with van der Waals surface area (Å²) in [5.74, 6) is -0.995. The van der Waals surface area contributed by atoms with Gasteiger partial charge in [-0.1, -0.05) is 29.8 Å². The third-order valence-corrected chi connectivity index (χ3v) is 4.69. The molecule has 1 aromatic carbocycles. The van der Waals surface area contributed by atoms with Gasteiger partial charge in [-0.25, -0.2) is 14.5 Å². The first kappa shape index (κ1) is 16.6. The van der Waals surface area contributed by atoms with Crippen LogP contribution in [0.2, 0.25) is 5.15 Å². The van der Waals surface area contributed by atoms with E-state index in [9.17, 15) is 4.79 Å². The van der Waals surface area contributed by atoms with Crippen LogP contribution in [0.1, 0.15) is 21.1 Å². The summed E-state index contributed by atoms with van der Waals surface area (Å²) in [6, 6.07) is 9.70. The van der Waals surface area contributed by atoms with Crippen molar-refractivity contribution in [3.8, 4) is 5.69 Å². The summed E-state index contributed by atoms with van der Waals surface area (Å²) in [6.45, 7) is 1.27. The smallest absolute Gasteiger partial charge is 0.355 e. The molecule has 0 aliphatic rings. The molecule has 0 spiro atoms. The van der Waals surface area contributed by atoms with Gasteiger partial charge in [-0.3, -0.25) is 0 Å². The molecular weight excluding hydrogens is 348 g/mol. The van der Waals surface area contributed by atoms with Crippen molar-refractivity contribution >= 4 is 28.9 Å². The monoisotopic (exact) mass is 362 g/mol. The minimum Gasteiger partial charge on any atom is -0.476 e. The maximum atomic E-state index is 10.8. The lowest BCUT2D eigenvalue weighted by Gasteiger charge is -2.04. The van der Waals surface area contributed by atoms with Crippen LogP contribution in [-0.2, 0) is 13.0 Å². The molecule has 2 heterocycles. The fraction of sp³-hybridized carbons (Fsp3) is 0.188. The van der Waals surface area contributed by atoms with Gasteiger partial charge >= 0.3 is 5.97 Å². The van der Waals surface area contributed by atoms with E-state index in [1.54, 1.807) is 16.3 Å². The number of para-hydroxylation sites is 1. The van der Waals surface area contributed by atoms with E-state index in [0.29, 0.717) is 24.7 Å². The average molecular weight is 363 g/mol. The van der Waals surface area contributed by atoms with Gasteiger partial charge in [-0.2, -0.15) is 5.10 Å². The summed E-state index contributed by atoms with van der Waals surface area (Å²) in [5, 5.41) is 19.4. The number of carboxylic acids is 1. The van der Waals surface area contributed by atoms with Gasteiger partial charge in [0.1, 0.15) is 5.15 Å². The maximum absolute atomic E-state index is 10.8. The Bertz CT molecular complexity index is 832. The van der Waals surface area contributed by atoms with Crippen molar-refractivity contribution < 1.29 is 9.90 Å². The summed E-state index contributed by atoms with van der Waals surface area (Å²) in [6.07, 6.45) is 2.41. The lowest BCUT2D eigenvalue weighted by Crippen LogP contribution is -2.16. The molecule has 0 fully saturated rings. The molecule has 24 heavy (non-hydrogen) atoms. The molecule has 0 unspecified atom stereocenters. The molecule has 2 N–H and O–H groups in total. The molecule has 0 saturated carbocycles. The first-order chi connectivity index (χ1) is 11.6. The van der Waals surface area contributed by atoms with Crippen molar-refractivity contribution in [2.45, 2.75) is 13.0 Å². The summed E-state index contributed by atoms with van der Waals surface area (Å²) >= 11 is 7.73. The molecule has 0 amide bonds. The molecule has 6 nitrogen and oxygen atoms in total. The Labute approximate surface area is 147 Å². The first-order valence-corrected chi connectivity index (χ1v) is 8.57. The number of halogens is 1. The second kappa shape index (κ2) is 7.57. The summed E-state index contributed by atoms with van der Waals surface area (Å²) in [7, 11) is 0. The molecular formula is C16H15ClN4O2S. The lowest BCUT2D eigenvalue weighted by molar-refractivity contribution is 0.0691. The molecule has 0 bridgehead atoms. The number of rotatable bonds is 7. The topological polar surface area (TPSA) is 80.0 Å². The molecule has 0 aliphatic carbocycles. The van der Waals surface area contributed by atoms with Crippen LogP contribution < -0.4 is 5.32 Å². The fourth-order valence-electron chi connectivity index (χ4n) is 2.18. The van der Waals surface area contributed by atoms with Crippen LogP contribution in [0.15, 0.2) is 41.9 Å². The third-order valence-electron chi connectivity index (χ3n) is 3.38. The number of thiazole rings is 1. The number of hydrogen-bond acceptors (Lipinski definition) is 5. The normalized spacial score (nSPS) is 10.9. The summed E-state index contributed by atoms with van der Waals surface area (Å²) in [4.78, 5) is 14.8. The van der Waals surface area contributed by atoms with Gasteiger partial charge in [-0.15, -0.1) is 11.3 Å². The number of carbonyl (C=O) groups is 1. The van der Waals surface area contributed by atoms with Gasteiger partial charge in [0.2, 0.25) is 0 Å². The third kappa shape index (κ3) is 3.81. The lowest BCUT2D eigenvalue weighted by atomic mass is 10.3. The van der Waals surface area contributed by atoms with Crippen LogP contribution >= 0.6 is 22.9 Å². The van der Waals surface area contributed by atoms with Crippen LogP contribution in [0.4, 0.5) is 0 Å². The van der Waals surface area contributed by atoms with Crippen LogP contribution in [0, 0.1) is 0 Å². The minimum atomic E-state index is -0.995. The quantitative estimate of drug-likeness (QED) is 0.631. The largest absolute Gasteiger partial charge is 0.476 e. The van der Waals surface area contributed by atoms with Crippen LogP contribution in [0.25, 0.3) is 5.69 Å². The predicted octanol–water partition coefficient (Wildman–Crippen LogP) is 3.01. The molecule has 8 heteroatoms. The van der Waals surface area contributed by atoms with Gasteiger partial charge in [0.05, 0.1) is 16.9 Å². The van der Waals surface area contributed by atoms with E-state index in [1.165, 1.54) is 11.3 Å². The fourth-order valence-corrected chi connectivity index (χ4v) is 3.21. The Morgan fingerprint density at radius 3 is 2.83 bits per heavy atom. The van der Waals surface area contributed by atoms with Crippen molar-refractivity contribution in [1.82, 2.24) is 20.1 Å². The SMILES string of the molecule is O=C(O)c1csc(CCNCc2cnn(-c3ccccc3)c2Cl)n1. The number of aromatic nitrogens is 3. The number of carboxylic acid groups (broad SMARTS) is 1. The molecule has 3 rings (SSSR count). The predicted molar refractivity (Wildman–Crippen MR) is 93.1 cm³/mol. The highest BCUT2D eigenvalue weighted by molar-refractivity contribution is 7.09. The zero-order valence-corrected chi connectivity index (χ0v) is 14.2. The zero-order valence-electron chi connectivity index (χ0n) is 12.6. The standard InChI is InChI=1S/C16H15ClN4O2S/c17-15-11(9-19-21(15)12-4-2-1-3-5-12)8-18-7-6-14-20-13(10-24-14)16(22)23/h1-5,9-10,18H,6-8H2,(H,22,23). The molecule has 0 saturated heterocycles. The van der Waals surface area contributed by atoms with Crippen LogP contribution in [0.3, 0.4) is 0 Å². The molecule has 0 radical (unpaired) electrons. The Hall–Kier alpha value is -2.22. The Balaban J connectivity index is 1.54. The maximum Gasteiger partial charge on any atom is 0.355 e. The van der Waals surface area contributed by atoms with E-state index in [-0.39, 0.29) is 5.69 Å². The van der Waals surface area contributed by atoms with E-state index in [0.717, 1.165) is 16.3 Å². The van der Waals surface area contributed by atoms with Gasteiger partial charge < -0.3 is 10.4 Å². The second-order valence-corrected chi connectivity index (χ2v) is 6.37. The molecule has 2 aromatic heterocycles. The molecule has 0 aliphatic heterocycles. The number of aromatic carboxylic acids is 1. The van der Waals surface area contributed by atoms with Crippen molar-refractivity contribution in [2.24, 2.45) is 0 Å². The first-order valence-electron chi connectivity index (χ1n) is 7.31. The van der Waals surface area contributed by atoms with Crippen molar-refractivity contribution in [1.29, 1.82) is 0 Å². The number of nitrogens with zero attached hydrogens (tertiary/aromatic N) is 3.